The molecular weight excluding hydrogens is 238 g/mol. The first kappa shape index (κ1) is 14.3. The van der Waals surface area contributed by atoms with E-state index in [9.17, 15) is 4.79 Å². The number of likely N-dealkylation sites (tertiary alicyclic amines) is 1. The Morgan fingerprint density at radius 3 is 2.47 bits per heavy atom. The Labute approximate surface area is 116 Å². The SMILES string of the molecule is CC(C(=O)N1CCCCC1)N(CC#N)C1CCCC1. The Morgan fingerprint density at radius 2 is 1.89 bits per heavy atom. The number of amides is 1. The molecule has 1 aliphatic carbocycles. The molecule has 1 heterocycles. The second-order valence-corrected chi connectivity index (χ2v) is 5.83. The minimum absolute atomic E-state index is 0.138. The predicted octanol–water partition coefficient (Wildman–Crippen LogP) is 2.16. The van der Waals surface area contributed by atoms with Crippen molar-refractivity contribution < 1.29 is 4.79 Å². The first-order valence-corrected chi connectivity index (χ1v) is 7.65. The van der Waals surface area contributed by atoms with Crippen LogP contribution in [0.15, 0.2) is 0 Å². The second-order valence-electron chi connectivity index (χ2n) is 5.83. The Hall–Kier alpha value is -1.08. The number of rotatable bonds is 4. The maximum absolute atomic E-state index is 12.5. The average molecular weight is 263 g/mol. The van der Waals surface area contributed by atoms with Crippen LogP contribution in [-0.2, 0) is 4.79 Å². The summed E-state index contributed by atoms with van der Waals surface area (Å²) < 4.78 is 0. The molecule has 1 saturated carbocycles. The Bertz CT molecular complexity index is 338. The molecule has 106 valence electrons. The van der Waals surface area contributed by atoms with Gasteiger partial charge in [-0.1, -0.05) is 12.8 Å². The minimum Gasteiger partial charge on any atom is -0.341 e. The number of carbonyl (C=O) groups is 1. The standard InChI is InChI=1S/C15H25N3O/c1-13(15(19)17-10-5-2-6-11-17)18(12-9-16)14-7-3-4-8-14/h13-14H,2-8,10-12H2,1H3. The number of nitriles is 1. The van der Waals surface area contributed by atoms with Crippen molar-refractivity contribution in [2.24, 2.45) is 0 Å². The Balaban J connectivity index is 1.98. The van der Waals surface area contributed by atoms with Gasteiger partial charge in [0, 0.05) is 19.1 Å². The first-order chi connectivity index (χ1) is 9.24. The third-order valence-corrected chi connectivity index (χ3v) is 4.57. The van der Waals surface area contributed by atoms with Gasteiger partial charge in [-0.15, -0.1) is 0 Å². The second kappa shape index (κ2) is 6.91. The molecule has 4 heteroatoms. The van der Waals surface area contributed by atoms with Crippen molar-refractivity contribution in [2.45, 2.75) is 64.0 Å². The Morgan fingerprint density at radius 1 is 1.26 bits per heavy atom. The summed E-state index contributed by atoms with van der Waals surface area (Å²) in [5, 5.41) is 9.02. The van der Waals surface area contributed by atoms with Gasteiger partial charge in [-0.2, -0.15) is 5.26 Å². The van der Waals surface area contributed by atoms with Gasteiger partial charge in [0.25, 0.3) is 0 Å². The number of hydrogen-bond acceptors (Lipinski definition) is 3. The van der Waals surface area contributed by atoms with Gasteiger partial charge in [0.2, 0.25) is 5.91 Å². The first-order valence-electron chi connectivity index (χ1n) is 7.65. The van der Waals surface area contributed by atoms with E-state index in [1.165, 1.54) is 19.3 Å². The van der Waals surface area contributed by atoms with Crippen molar-refractivity contribution in [3.63, 3.8) is 0 Å². The highest BCUT2D eigenvalue weighted by atomic mass is 16.2. The summed E-state index contributed by atoms with van der Waals surface area (Å²) in [6.07, 6.45) is 8.23. The normalized spacial score (nSPS) is 22.5. The molecule has 0 N–H and O–H groups in total. The van der Waals surface area contributed by atoms with E-state index >= 15 is 0 Å². The molecular formula is C15H25N3O. The monoisotopic (exact) mass is 263 g/mol. The summed E-state index contributed by atoms with van der Waals surface area (Å²) in [4.78, 5) is 16.7. The number of hydrogen-bond donors (Lipinski definition) is 0. The molecule has 1 saturated heterocycles. The molecule has 4 nitrogen and oxygen atoms in total. The zero-order valence-corrected chi connectivity index (χ0v) is 12.0. The lowest BCUT2D eigenvalue weighted by Gasteiger charge is -2.36. The van der Waals surface area contributed by atoms with E-state index in [-0.39, 0.29) is 11.9 Å². The molecule has 0 aromatic carbocycles. The summed E-state index contributed by atoms with van der Waals surface area (Å²) in [5.74, 6) is 0.224. The zero-order chi connectivity index (χ0) is 13.7. The molecule has 1 atom stereocenters. The van der Waals surface area contributed by atoms with Crippen molar-refractivity contribution in [2.75, 3.05) is 19.6 Å². The average Bonchev–Trinajstić information content (AvgIpc) is 2.98. The van der Waals surface area contributed by atoms with Crippen molar-refractivity contribution in [3.8, 4) is 6.07 Å². The van der Waals surface area contributed by atoms with E-state index in [2.05, 4.69) is 11.0 Å². The van der Waals surface area contributed by atoms with Gasteiger partial charge >= 0.3 is 0 Å². The van der Waals surface area contributed by atoms with Crippen LogP contribution in [0.3, 0.4) is 0 Å². The molecule has 19 heavy (non-hydrogen) atoms. The quantitative estimate of drug-likeness (QED) is 0.730. The van der Waals surface area contributed by atoms with Gasteiger partial charge < -0.3 is 4.90 Å². The summed E-state index contributed by atoms with van der Waals surface area (Å²) in [5.41, 5.74) is 0. The van der Waals surface area contributed by atoms with E-state index in [1.807, 2.05) is 11.8 Å². The van der Waals surface area contributed by atoms with E-state index < -0.39 is 0 Å². The van der Waals surface area contributed by atoms with Gasteiger partial charge in [0.05, 0.1) is 18.7 Å². The summed E-state index contributed by atoms with van der Waals surface area (Å²) in [6, 6.07) is 2.53. The third kappa shape index (κ3) is 3.48. The van der Waals surface area contributed by atoms with Crippen LogP contribution in [0.1, 0.15) is 51.9 Å². The molecule has 0 bridgehead atoms. The molecule has 1 unspecified atom stereocenters. The lowest BCUT2D eigenvalue weighted by molar-refractivity contribution is -0.138. The fourth-order valence-electron chi connectivity index (χ4n) is 3.42. The number of carbonyl (C=O) groups excluding carboxylic acids is 1. The molecule has 2 aliphatic rings. The van der Waals surface area contributed by atoms with Crippen LogP contribution >= 0.6 is 0 Å². The van der Waals surface area contributed by atoms with Crippen LogP contribution in [0.2, 0.25) is 0 Å². The van der Waals surface area contributed by atoms with Gasteiger partial charge in [0.1, 0.15) is 0 Å². The maximum atomic E-state index is 12.5. The summed E-state index contributed by atoms with van der Waals surface area (Å²) in [7, 11) is 0. The molecule has 2 fully saturated rings. The minimum atomic E-state index is -0.138. The fourth-order valence-corrected chi connectivity index (χ4v) is 3.42. The maximum Gasteiger partial charge on any atom is 0.239 e. The zero-order valence-electron chi connectivity index (χ0n) is 12.0. The molecule has 0 spiro atoms. The van der Waals surface area contributed by atoms with Gasteiger partial charge in [0.15, 0.2) is 0 Å². The molecule has 0 aromatic rings. The lowest BCUT2D eigenvalue weighted by Crippen LogP contribution is -2.51. The summed E-state index contributed by atoms with van der Waals surface area (Å²) in [6.45, 7) is 4.15. The Kier molecular flexibility index (Phi) is 5.21. The van der Waals surface area contributed by atoms with Crippen molar-refractivity contribution >= 4 is 5.91 Å². The van der Waals surface area contributed by atoms with Gasteiger partial charge in [-0.3, -0.25) is 9.69 Å². The van der Waals surface area contributed by atoms with Crippen LogP contribution < -0.4 is 0 Å². The van der Waals surface area contributed by atoms with E-state index in [4.69, 9.17) is 5.26 Å². The van der Waals surface area contributed by atoms with Crippen LogP contribution in [0.5, 0.6) is 0 Å². The molecule has 2 rings (SSSR count). The van der Waals surface area contributed by atoms with Crippen LogP contribution in [0.25, 0.3) is 0 Å². The van der Waals surface area contributed by atoms with Crippen LogP contribution in [-0.4, -0.2) is 47.4 Å². The van der Waals surface area contributed by atoms with Gasteiger partial charge in [-0.25, -0.2) is 0 Å². The molecule has 0 aromatic heterocycles. The van der Waals surface area contributed by atoms with Crippen molar-refractivity contribution in [1.29, 1.82) is 5.26 Å². The van der Waals surface area contributed by atoms with E-state index in [0.717, 1.165) is 38.8 Å². The van der Waals surface area contributed by atoms with E-state index in [1.54, 1.807) is 0 Å². The predicted molar refractivity (Wildman–Crippen MR) is 74.5 cm³/mol. The van der Waals surface area contributed by atoms with Gasteiger partial charge in [-0.05, 0) is 39.0 Å². The van der Waals surface area contributed by atoms with Crippen LogP contribution in [0.4, 0.5) is 0 Å². The fraction of sp³-hybridized carbons (Fsp3) is 0.867. The molecule has 1 aliphatic heterocycles. The van der Waals surface area contributed by atoms with Crippen molar-refractivity contribution in [3.05, 3.63) is 0 Å². The van der Waals surface area contributed by atoms with Crippen LogP contribution in [0, 0.1) is 11.3 Å². The largest absolute Gasteiger partial charge is 0.341 e. The molecule has 0 radical (unpaired) electrons. The highest BCUT2D eigenvalue weighted by molar-refractivity contribution is 5.81. The topological polar surface area (TPSA) is 47.3 Å². The number of nitrogens with zero attached hydrogens (tertiary/aromatic N) is 3. The lowest BCUT2D eigenvalue weighted by atomic mass is 10.1. The van der Waals surface area contributed by atoms with E-state index in [0.29, 0.717) is 12.6 Å². The highest BCUT2D eigenvalue weighted by Gasteiger charge is 2.32. The molecule has 1 amide bonds. The smallest absolute Gasteiger partial charge is 0.239 e. The third-order valence-electron chi connectivity index (χ3n) is 4.57. The summed E-state index contributed by atoms with van der Waals surface area (Å²) >= 11 is 0. The van der Waals surface area contributed by atoms with Crippen molar-refractivity contribution in [1.82, 2.24) is 9.80 Å². The number of piperidine rings is 1. The highest BCUT2D eigenvalue weighted by Crippen LogP contribution is 2.25.